The number of piperidine rings is 1. The second kappa shape index (κ2) is 10.3. The van der Waals surface area contributed by atoms with Gasteiger partial charge in [-0.3, -0.25) is 9.69 Å². The molecule has 36 heavy (non-hydrogen) atoms. The van der Waals surface area contributed by atoms with Crippen LogP contribution in [0.3, 0.4) is 0 Å². The zero-order chi connectivity index (χ0) is 25.1. The summed E-state index contributed by atoms with van der Waals surface area (Å²) in [5, 5.41) is 7.12. The number of alkyl halides is 2. The fraction of sp³-hybridized carbons (Fsp3) is 0.462. The molecular weight excluding hydrogens is 466 g/mol. The van der Waals surface area contributed by atoms with Crippen LogP contribution in [0.25, 0.3) is 10.9 Å². The third-order valence-corrected chi connectivity index (χ3v) is 6.89. The Labute approximate surface area is 208 Å². The average molecular weight is 497 g/mol. The van der Waals surface area contributed by atoms with Gasteiger partial charge in [-0.1, -0.05) is 6.07 Å². The van der Waals surface area contributed by atoms with Crippen LogP contribution in [-0.2, 0) is 0 Å². The van der Waals surface area contributed by atoms with Gasteiger partial charge in [0.25, 0.3) is 11.8 Å². The highest BCUT2D eigenvalue weighted by Gasteiger charge is 2.37. The predicted molar refractivity (Wildman–Crippen MR) is 132 cm³/mol. The Kier molecular flexibility index (Phi) is 6.95. The Morgan fingerprint density at radius 1 is 1.17 bits per heavy atom. The van der Waals surface area contributed by atoms with Crippen LogP contribution in [0.4, 0.5) is 14.6 Å². The van der Waals surface area contributed by atoms with Crippen LogP contribution in [0, 0.1) is 5.92 Å². The van der Waals surface area contributed by atoms with Gasteiger partial charge >= 0.3 is 6.01 Å². The molecule has 1 saturated carbocycles. The molecule has 1 unspecified atom stereocenters. The fourth-order valence-electron chi connectivity index (χ4n) is 4.53. The smallest absolute Gasteiger partial charge is 0.316 e. The van der Waals surface area contributed by atoms with Crippen LogP contribution in [0.15, 0.2) is 42.7 Å². The van der Waals surface area contributed by atoms with Gasteiger partial charge in [-0.2, -0.15) is 0 Å². The zero-order valence-corrected chi connectivity index (χ0v) is 20.2. The van der Waals surface area contributed by atoms with Gasteiger partial charge in [0, 0.05) is 67.9 Å². The Bertz CT molecular complexity index is 1210. The van der Waals surface area contributed by atoms with Gasteiger partial charge in [0.15, 0.2) is 0 Å². The topological polar surface area (TPSA) is 92.3 Å². The first kappa shape index (κ1) is 24.3. The highest BCUT2D eigenvalue weighted by molar-refractivity contribution is 6.06. The minimum Gasteiger partial charge on any atom is -0.467 e. The number of methoxy groups -OCH3 is 1. The number of halogens is 2. The molecule has 10 heteroatoms. The summed E-state index contributed by atoms with van der Waals surface area (Å²) < 4.78 is 32.6. The van der Waals surface area contributed by atoms with E-state index in [-0.39, 0.29) is 50.4 Å². The quantitative estimate of drug-likeness (QED) is 0.462. The number of ether oxygens (including phenoxy) is 1. The number of amides is 1. The number of carbonyl (C=O) groups is 1. The number of anilines is 1. The van der Waals surface area contributed by atoms with E-state index < -0.39 is 5.92 Å². The molecule has 190 valence electrons. The maximum absolute atomic E-state index is 13.8. The van der Waals surface area contributed by atoms with Gasteiger partial charge in [-0.25, -0.2) is 23.7 Å². The number of nitrogens with one attached hydrogen (secondary N) is 2. The lowest BCUT2D eigenvalue weighted by Crippen LogP contribution is -2.45. The van der Waals surface area contributed by atoms with Crippen LogP contribution >= 0.6 is 0 Å². The molecule has 1 aliphatic heterocycles. The van der Waals surface area contributed by atoms with Gasteiger partial charge in [-0.05, 0) is 43.0 Å². The normalized spacial score (nSPS) is 18.5. The van der Waals surface area contributed by atoms with Gasteiger partial charge in [0.05, 0.1) is 18.7 Å². The van der Waals surface area contributed by atoms with Crippen molar-refractivity contribution in [1.82, 2.24) is 25.2 Å². The van der Waals surface area contributed by atoms with Crippen molar-refractivity contribution < 1.29 is 18.3 Å². The highest BCUT2D eigenvalue weighted by Crippen LogP contribution is 2.32. The Morgan fingerprint density at radius 3 is 2.61 bits per heavy atom. The Morgan fingerprint density at radius 2 is 1.92 bits per heavy atom. The molecule has 8 nitrogen and oxygen atoms in total. The molecule has 2 fully saturated rings. The molecule has 1 saturated heterocycles. The Balaban J connectivity index is 1.32. The molecule has 2 N–H and O–H groups in total. The summed E-state index contributed by atoms with van der Waals surface area (Å²) in [6, 6.07) is 9.16. The number of nitrogens with zero attached hydrogens (tertiary/aromatic N) is 4. The lowest BCUT2D eigenvalue weighted by atomic mass is 10.0. The maximum atomic E-state index is 13.8. The van der Waals surface area contributed by atoms with Crippen LogP contribution < -0.4 is 15.4 Å². The van der Waals surface area contributed by atoms with Gasteiger partial charge < -0.3 is 15.4 Å². The molecule has 0 bridgehead atoms. The summed E-state index contributed by atoms with van der Waals surface area (Å²) in [6.07, 6.45) is 5.31. The van der Waals surface area contributed by atoms with Crippen molar-refractivity contribution in [2.75, 3.05) is 38.6 Å². The SMILES string of the molecule is COc1ncc(C(CNC(=O)c2cccc3nc(NCC4CC4)ccc23)N2CCC(F)(F)CC2)cn1. The van der Waals surface area contributed by atoms with Crippen LogP contribution in [0.1, 0.15) is 47.6 Å². The van der Waals surface area contributed by atoms with E-state index in [0.29, 0.717) is 5.56 Å². The van der Waals surface area contributed by atoms with E-state index in [2.05, 4.69) is 25.6 Å². The molecule has 3 heterocycles. The lowest BCUT2D eigenvalue weighted by molar-refractivity contribution is -0.0632. The predicted octanol–water partition coefficient (Wildman–Crippen LogP) is 4.06. The second-order valence-corrected chi connectivity index (χ2v) is 9.51. The lowest BCUT2D eigenvalue weighted by Gasteiger charge is -2.37. The highest BCUT2D eigenvalue weighted by atomic mass is 19.3. The number of hydrogen-bond donors (Lipinski definition) is 2. The third kappa shape index (κ3) is 5.70. The number of benzene rings is 1. The van der Waals surface area contributed by atoms with Crippen LogP contribution in [0.2, 0.25) is 0 Å². The first-order valence-electron chi connectivity index (χ1n) is 12.3. The monoisotopic (exact) mass is 496 g/mol. The number of pyridine rings is 1. The number of carbonyl (C=O) groups excluding carboxylic acids is 1. The molecule has 1 aromatic carbocycles. The van der Waals surface area contributed by atoms with E-state index in [0.717, 1.165) is 34.7 Å². The number of likely N-dealkylation sites (tertiary alicyclic amines) is 1. The maximum Gasteiger partial charge on any atom is 0.316 e. The molecule has 2 aliphatic rings. The summed E-state index contributed by atoms with van der Waals surface area (Å²) in [7, 11) is 1.48. The molecular formula is C26H30F2N6O2. The molecule has 2 aromatic heterocycles. The number of aromatic nitrogens is 3. The molecule has 1 atom stereocenters. The van der Waals surface area contributed by atoms with Crippen LogP contribution in [0.5, 0.6) is 6.01 Å². The van der Waals surface area contributed by atoms with Crippen molar-refractivity contribution in [3.05, 3.63) is 53.9 Å². The number of rotatable bonds is 9. The van der Waals surface area contributed by atoms with Gasteiger partial charge in [0.2, 0.25) is 0 Å². The number of hydrogen-bond acceptors (Lipinski definition) is 7. The average Bonchev–Trinajstić information content (AvgIpc) is 3.72. The van der Waals surface area contributed by atoms with Crippen molar-refractivity contribution in [1.29, 1.82) is 0 Å². The van der Waals surface area contributed by atoms with Gasteiger partial charge in [-0.15, -0.1) is 0 Å². The fourth-order valence-corrected chi connectivity index (χ4v) is 4.53. The van der Waals surface area contributed by atoms with Crippen molar-refractivity contribution >= 4 is 22.6 Å². The summed E-state index contributed by atoms with van der Waals surface area (Å²) >= 11 is 0. The minimum atomic E-state index is -2.66. The van der Waals surface area contributed by atoms with Crippen molar-refractivity contribution in [2.24, 2.45) is 5.92 Å². The molecule has 3 aromatic rings. The molecule has 0 spiro atoms. The first-order valence-corrected chi connectivity index (χ1v) is 12.3. The van der Waals surface area contributed by atoms with E-state index in [4.69, 9.17) is 4.74 Å². The largest absolute Gasteiger partial charge is 0.467 e. The minimum absolute atomic E-state index is 0.217. The van der Waals surface area contributed by atoms with Gasteiger partial charge in [0.1, 0.15) is 5.82 Å². The van der Waals surface area contributed by atoms with E-state index in [1.807, 2.05) is 29.2 Å². The summed E-state index contributed by atoms with van der Waals surface area (Å²) in [5.74, 6) is -1.38. The van der Waals surface area contributed by atoms with E-state index in [1.54, 1.807) is 18.5 Å². The third-order valence-electron chi connectivity index (χ3n) is 6.89. The second-order valence-electron chi connectivity index (χ2n) is 9.51. The number of fused-ring (bicyclic) bond motifs is 1. The van der Waals surface area contributed by atoms with Crippen LogP contribution in [-0.4, -0.2) is 65.0 Å². The van der Waals surface area contributed by atoms with Crippen molar-refractivity contribution in [3.8, 4) is 6.01 Å². The summed E-state index contributed by atoms with van der Waals surface area (Å²) in [4.78, 5) is 28.2. The summed E-state index contributed by atoms with van der Waals surface area (Å²) in [5.41, 5.74) is 1.98. The molecule has 0 radical (unpaired) electrons. The Hall–Kier alpha value is -3.40. The van der Waals surface area contributed by atoms with Crippen molar-refractivity contribution in [3.63, 3.8) is 0 Å². The molecule has 1 amide bonds. The molecule has 1 aliphatic carbocycles. The van der Waals surface area contributed by atoms with E-state index >= 15 is 0 Å². The summed E-state index contributed by atoms with van der Waals surface area (Å²) in [6.45, 7) is 1.57. The molecule has 5 rings (SSSR count). The first-order chi connectivity index (χ1) is 17.4. The van der Waals surface area contributed by atoms with Crippen molar-refractivity contribution in [2.45, 2.75) is 37.6 Å². The van der Waals surface area contributed by atoms with E-state index in [1.165, 1.54) is 20.0 Å². The zero-order valence-electron chi connectivity index (χ0n) is 20.2. The van der Waals surface area contributed by atoms with E-state index in [9.17, 15) is 13.6 Å². The standard InChI is InChI=1S/C26H30F2N6O2/c1-36-25-31-14-18(15-32-25)22(34-11-9-26(27,28)10-12-34)16-30-24(35)20-3-2-4-21-19(20)7-8-23(33-21)29-13-17-5-6-17/h2-4,7-8,14-15,17,22H,5-6,9-13,16H2,1H3,(H,29,33)(H,30,35).